The quantitative estimate of drug-likeness (QED) is 0.834. The first-order chi connectivity index (χ1) is 7.18. The van der Waals surface area contributed by atoms with E-state index in [1.807, 2.05) is 0 Å². The van der Waals surface area contributed by atoms with E-state index in [1.165, 1.54) is 6.07 Å². The van der Waals surface area contributed by atoms with Crippen molar-refractivity contribution < 1.29 is 13.2 Å². The Hall–Kier alpha value is -1.37. The molecule has 0 aromatic carbocycles. The molecule has 0 radical (unpaired) electrons. The molecule has 0 atom stereocenters. The summed E-state index contributed by atoms with van der Waals surface area (Å²) < 4.78 is 36.5. The van der Waals surface area contributed by atoms with Crippen LogP contribution in [-0.2, 0) is 6.18 Å². The second-order valence-electron chi connectivity index (χ2n) is 4.14. The van der Waals surface area contributed by atoms with Crippen LogP contribution in [0, 0.1) is 0 Å². The van der Waals surface area contributed by atoms with Crippen molar-refractivity contribution in [1.82, 2.24) is 10.2 Å². The van der Waals surface area contributed by atoms with Crippen LogP contribution in [0.5, 0.6) is 0 Å². The van der Waals surface area contributed by atoms with E-state index in [1.54, 1.807) is 13.8 Å². The van der Waals surface area contributed by atoms with Crippen molar-refractivity contribution in [2.45, 2.75) is 25.6 Å². The van der Waals surface area contributed by atoms with Crippen LogP contribution in [0.4, 0.5) is 19.0 Å². The van der Waals surface area contributed by atoms with Gasteiger partial charge in [0.2, 0.25) is 0 Å². The zero-order valence-corrected chi connectivity index (χ0v) is 8.97. The summed E-state index contributed by atoms with van der Waals surface area (Å²) >= 11 is 0. The molecule has 0 aliphatic carbocycles. The summed E-state index contributed by atoms with van der Waals surface area (Å²) in [4.78, 5) is 0. The van der Waals surface area contributed by atoms with E-state index in [0.717, 1.165) is 6.07 Å². The second kappa shape index (κ2) is 4.25. The van der Waals surface area contributed by atoms with Crippen molar-refractivity contribution in [2.24, 2.45) is 5.73 Å². The number of nitrogens with two attached hydrogens (primary N) is 1. The molecular weight excluding hydrogens is 221 g/mol. The lowest BCUT2D eigenvalue weighted by molar-refractivity contribution is -0.141. The van der Waals surface area contributed by atoms with E-state index in [2.05, 4.69) is 15.5 Å². The maximum Gasteiger partial charge on any atom is 0.435 e. The number of nitrogens with one attached hydrogen (secondary N) is 1. The summed E-state index contributed by atoms with van der Waals surface area (Å²) in [6, 6.07) is 2.10. The van der Waals surface area contributed by atoms with Gasteiger partial charge in [0.1, 0.15) is 5.82 Å². The average Bonchev–Trinajstić information content (AvgIpc) is 2.13. The zero-order chi connectivity index (χ0) is 12.4. The van der Waals surface area contributed by atoms with Crippen molar-refractivity contribution in [1.29, 1.82) is 0 Å². The van der Waals surface area contributed by atoms with Crippen LogP contribution in [0.3, 0.4) is 0 Å². The molecular formula is C9H13F3N4. The molecule has 0 bridgehead atoms. The number of anilines is 1. The summed E-state index contributed by atoms with van der Waals surface area (Å²) in [5.74, 6) is 0.270. The fourth-order valence-electron chi connectivity index (χ4n) is 0.896. The van der Waals surface area contributed by atoms with Gasteiger partial charge in [-0.05, 0) is 26.0 Å². The predicted molar refractivity (Wildman–Crippen MR) is 53.8 cm³/mol. The highest BCUT2D eigenvalue weighted by Gasteiger charge is 2.32. The Morgan fingerprint density at radius 2 is 1.88 bits per heavy atom. The van der Waals surface area contributed by atoms with Crippen molar-refractivity contribution in [3.63, 3.8) is 0 Å². The van der Waals surface area contributed by atoms with Crippen molar-refractivity contribution in [3.05, 3.63) is 17.8 Å². The molecule has 90 valence electrons. The average molecular weight is 234 g/mol. The topological polar surface area (TPSA) is 63.8 Å². The Kier molecular flexibility index (Phi) is 3.37. The van der Waals surface area contributed by atoms with Crippen LogP contribution in [0.25, 0.3) is 0 Å². The third kappa shape index (κ3) is 4.01. The summed E-state index contributed by atoms with van der Waals surface area (Å²) in [5.41, 5.74) is 4.21. The normalized spacial score (nSPS) is 12.6. The van der Waals surface area contributed by atoms with E-state index < -0.39 is 17.4 Å². The van der Waals surface area contributed by atoms with Crippen LogP contribution in [0.2, 0.25) is 0 Å². The molecule has 0 amide bonds. The number of aromatic nitrogens is 2. The van der Waals surface area contributed by atoms with Crippen LogP contribution < -0.4 is 11.1 Å². The second-order valence-corrected chi connectivity index (χ2v) is 4.14. The molecule has 7 heteroatoms. The number of hydrogen-bond acceptors (Lipinski definition) is 4. The van der Waals surface area contributed by atoms with E-state index in [0.29, 0.717) is 6.54 Å². The van der Waals surface area contributed by atoms with Gasteiger partial charge in [0, 0.05) is 12.1 Å². The summed E-state index contributed by atoms with van der Waals surface area (Å²) in [6.45, 7) is 3.97. The highest BCUT2D eigenvalue weighted by molar-refractivity contribution is 5.33. The molecule has 16 heavy (non-hydrogen) atoms. The van der Waals surface area contributed by atoms with Gasteiger partial charge in [0.15, 0.2) is 5.69 Å². The van der Waals surface area contributed by atoms with Crippen molar-refractivity contribution in [2.75, 3.05) is 11.9 Å². The smallest absolute Gasteiger partial charge is 0.367 e. The SMILES string of the molecule is CC(C)(N)CNc1ccc(C(F)(F)F)nn1. The van der Waals surface area contributed by atoms with Gasteiger partial charge in [-0.2, -0.15) is 13.2 Å². The van der Waals surface area contributed by atoms with Gasteiger partial charge in [-0.3, -0.25) is 0 Å². The lowest BCUT2D eigenvalue weighted by Crippen LogP contribution is -2.39. The molecule has 1 aromatic heterocycles. The van der Waals surface area contributed by atoms with E-state index >= 15 is 0 Å². The first kappa shape index (κ1) is 12.7. The van der Waals surface area contributed by atoms with Crippen LogP contribution in [0.1, 0.15) is 19.5 Å². The van der Waals surface area contributed by atoms with E-state index in [-0.39, 0.29) is 5.82 Å². The first-order valence-electron chi connectivity index (χ1n) is 4.62. The predicted octanol–water partition coefficient (Wildman–Crippen LogP) is 1.64. The highest BCUT2D eigenvalue weighted by Crippen LogP contribution is 2.27. The molecule has 0 unspecified atom stereocenters. The Labute approximate surface area is 91.1 Å². The largest absolute Gasteiger partial charge is 0.435 e. The Morgan fingerprint density at radius 3 is 2.25 bits per heavy atom. The van der Waals surface area contributed by atoms with Gasteiger partial charge < -0.3 is 11.1 Å². The summed E-state index contributed by atoms with van der Waals surface area (Å²) in [6.07, 6.45) is -4.46. The van der Waals surface area contributed by atoms with Gasteiger partial charge in [-0.25, -0.2) is 0 Å². The van der Waals surface area contributed by atoms with E-state index in [4.69, 9.17) is 5.73 Å². The number of alkyl halides is 3. The van der Waals surface area contributed by atoms with E-state index in [9.17, 15) is 13.2 Å². The molecule has 0 aliphatic rings. The molecule has 0 spiro atoms. The first-order valence-corrected chi connectivity index (χ1v) is 4.62. The maximum atomic E-state index is 12.2. The Balaban J connectivity index is 2.66. The van der Waals surface area contributed by atoms with Gasteiger partial charge in [-0.1, -0.05) is 0 Å². The van der Waals surface area contributed by atoms with Crippen molar-refractivity contribution in [3.8, 4) is 0 Å². The molecule has 3 N–H and O–H groups in total. The standard InChI is InChI=1S/C9H13F3N4/c1-8(2,13)5-14-7-4-3-6(15-16-7)9(10,11)12/h3-4H,5,13H2,1-2H3,(H,14,16). The number of halogens is 3. The lowest BCUT2D eigenvalue weighted by Gasteiger charge is -2.19. The Bertz CT molecular complexity index is 339. The maximum absolute atomic E-state index is 12.2. The molecule has 0 saturated carbocycles. The van der Waals surface area contributed by atoms with Crippen LogP contribution >= 0.6 is 0 Å². The molecule has 1 heterocycles. The Morgan fingerprint density at radius 1 is 1.25 bits per heavy atom. The van der Waals surface area contributed by atoms with Gasteiger partial charge in [0.05, 0.1) is 0 Å². The third-order valence-electron chi connectivity index (χ3n) is 1.68. The minimum absolute atomic E-state index is 0.270. The fourth-order valence-corrected chi connectivity index (χ4v) is 0.896. The zero-order valence-electron chi connectivity index (χ0n) is 8.97. The van der Waals surface area contributed by atoms with Gasteiger partial charge in [0.25, 0.3) is 0 Å². The minimum Gasteiger partial charge on any atom is -0.367 e. The molecule has 0 fully saturated rings. The molecule has 1 rings (SSSR count). The highest BCUT2D eigenvalue weighted by atomic mass is 19.4. The third-order valence-corrected chi connectivity index (χ3v) is 1.68. The van der Waals surface area contributed by atoms with Crippen molar-refractivity contribution >= 4 is 5.82 Å². The molecule has 0 saturated heterocycles. The van der Waals surface area contributed by atoms with Crippen LogP contribution in [-0.4, -0.2) is 22.3 Å². The fraction of sp³-hybridized carbons (Fsp3) is 0.556. The number of nitrogens with zero attached hydrogens (tertiary/aromatic N) is 2. The van der Waals surface area contributed by atoms with Gasteiger partial charge >= 0.3 is 6.18 Å². The molecule has 1 aromatic rings. The lowest BCUT2D eigenvalue weighted by atomic mass is 10.1. The summed E-state index contributed by atoms with van der Waals surface area (Å²) in [7, 11) is 0. The molecule has 4 nitrogen and oxygen atoms in total. The van der Waals surface area contributed by atoms with Gasteiger partial charge in [-0.15, -0.1) is 10.2 Å². The number of hydrogen-bond donors (Lipinski definition) is 2. The van der Waals surface area contributed by atoms with Crippen LogP contribution in [0.15, 0.2) is 12.1 Å². The molecule has 0 aliphatic heterocycles. The minimum atomic E-state index is -4.46. The summed E-state index contributed by atoms with van der Waals surface area (Å²) in [5, 5.41) is 9.28. The number of rotatable bonds is 3. The monoisotopic (exact) mass is 234 g/mol.